The molecule has 2 unspecified atom stereocenters. The SMILES string of the molecule is COc1ccc(CCN2C=NC3C(=O)NC(Cc4ccc(OCc5ccccc5)cc4)=NC32)cc1OC. The van der Waals surface area contributed by atoms with Gasteiger partial charge in [-0.15, -0.1) is 0 Å². The van der Waals surface area contributed by atoms with Crippen LogP contribution in [0.15, 0.2) is 82.8 Å². The first-order valence-corrected chi connectivity index (χ1v) is 12.3. The van der Waals surface area contributed by atoms with Crippen molar-refractivity contribution in [3.63, 3.8) is 0 Å². The van der Waals surface area contributed by atoms with Gasteiger partial charge >= 0.3 is 0 Å². The molecule has 0 aromatic heterocycles. The molecule has 2 atom stereocenters. The minimum atomic E-state index is -0.525. The first kappa shape index (κ1) is 24.4. The Hall–Kier alpha value is -4.33. The lowest BCUT2D eigenvalue weighted by molar-refractivity contribution is -0.122. The van der Waals surface area contributed by atoms with Crippen molar-refractivity contribution in [1.82, 2.24) is 10.2 Å². The Kier molecular flexibility index (Phi) is 7.35. The number of carbonyl (C=O) groups excluding carboxylic acids is 1. The highest BCUT2D eigenvalue weighted by Gasteiger charge is 2.39. The molecule has 8 nitrogen and oxygen atoms in total. The van der Waals surface area contributed by atoms with Gasteiger partial charge in [0.2, 0.25) is 0 Å². The van der Waals surface area contributed by atoms with Crippen LogP contribution < -0.4 is 19.5 Å². The van der Waals surface area contributed by atoms with Crippen molar-refractivity contribution in [1.29, 1.82) is 0 Å². The Morgan fingerprint density at radius 2 is 1.65 bits per heavy atom. The summed E-state index contributed by atoms with van der Waals surface area (Å²) in [6.45, 7) is 1.20. The number of amides is 1. The molecule has 190 valence electrons. The van der Waals surface area contributed by atoms with Gasteiger partial charge in [0.25, 0.3) is 5.91 Å². The number of nitrogens with one attached hydrogen (secondary N) is 1. The maximum atomic E-state index is 12.7. The lowest BCUT2D eigenvalue weighted by Gasteiger charge is -2.29. The molecule has 8 heteroatoms. The zero-order valence-electron chi connectivity index (χ0n) is 21.0. The number of ether oxygens (including phenoxy) is 3. The van der Waals surface area contributed by atoms with Crippen LogP contribution in [0.1, 0.15) is 16.7 Å². The van der Waals surface area contributed by atoms with Crippen LogP contribution in [0.5, 0.6) is 17.2 Å². The normalized spacial score (nSPS) is 18.2. The van der Waals surface area contributed by atoms with E-state index in [9.17, 15) is 4.79 Å². The van der Waals surface area contributed by atoms with Crippen molar-refractivity contribution in [2.24, 2.45) is 9.98 Å². The quantitative estimate of drug-likeness (QED) is 0.462. The molecule has 3 aromatic carbocycles. The zero-order valence-corrected chi connectivity index (χ0v) is 21.0. The van der Waals surface area contributed by atoms with Gasteiger partial charge < -0.3 is 24.4 Å². The summed E-state index contributed by atoms with van der Waals surface area (Å²) in [5, 5.41) is 2.93. The van der Waals surface area contributed by atoms with Crippen LogP contribution in [0.2, 0.25) is 0 Å². The van der Waals surface area contributed by atoms with Gasteiger partial charge in [-0.1, -0.05) is 48.5 Å². The van der Waals surface area contributed by atoms with Crippen LogP contribution in [0, 0.1) is 0 Å². The van der Waals surface area contributed by atoms with Crippen LogP contribution in [0.3, 0.4) is 0 Å². The summed E-state index contributed by atoms with van der Waals surface area (Å²) in [4.78, 5) is 24.0. The summed E-state index contributed by atoms with van der Waals surface area (Å²) in [5.41, 5.74) is 3.27. The van der Waals surface area contributed by atoms with Crippen LogP contribution in [-0.4, -0.2) is 56.0 Å². The van der Waals surface area contributed by atoms with E-state index in [1.165, 1.54) is 0 Å². The summed E-state index contributed by atoms with van der Waals surface area (Å²) in [6, 6.07) is 23.3. The second-order valence-corrected chi connectivity index (χ2v) is 8.96. The van der Waals surface area contributed by atoms with Gasteiger partial charge in [0.15, 0.2) is 23.7 Å². The van der Waals surface area contributed by atoms with Crippen LogP contribution in [0.25, 0.3) is 0 Å². The third-order valence-electron chi connectivity index (χ3n) is 6.47. The third-order valence-corrected chi connectivity index (χ3v) is 6.47. The summed E-state index contributed by atoms with van der Waals surface area (Å²) in [5.74, 6) is 2.71. The number of fused-ring (bicyclic) bond motifs is 1. The fraction of sp³-hybridized carbons (Fsp3) is 0.276. The van der Waals surface area contributed by atoms with E-state index in [4.69, 9.17) is 19.2 Å². The molecular weight excluding hydrogens is 468 g/mol. The van der Waals surface area contributed by atoms with Gasteiger partial charge in [0.05, 0.1) is 20.6 Å². The van der Waals surface area contributed by atoms with Gasteiger partial charge in [0.1, 0.15) is 18.2 Å². The molecule has 1 amide bonds. The number of rotatable bonds is 10. The number of benzene rings is 3. The Bertz CT molecular complexity index is 1290. The van der Waals surface area contributed by atoms with Crippen molar-refractivity contribution < 1.29 is 19.0 Å². The lowest BCUT2D eigenvalue weighted by Crippen LogP contribution is -2.52. The molecule has 3 aromatic rings. The molecule has 2 aliphatic heterocycles. The minimum absolute atomic E-state index is 0.123. The minimum Gasteiger partial charge on any atom is -0.493 e. The van der Waals surface area contributed by atoms with E-state index < -0.39 is 6.04 Å². The molecule has 0 bridgehead atoms. The number of carbonyl (C=O) groups is 1. The molecule has 37 heavy (non-hydrogen) atoms. The van der Waals surface area contributed by atoms with E-state index in [1.807, 2.05) is 77.7 Å². The Balaban J connectivity index is 1.20. The van der Waals surface area contributed by atoms with E-state index in [2.05, 4.69) is 10.3 Å². The summed E-state index contributed by atoms with van der Waals surface area (Å²) >= 11 is 0. The first-order valence-electron chi connectivity index (χ1n) is 12.3. The lowest BCUT2D eigenvalue weighted by atomic mass is 10.1. The highest BCUT2D eigenvalue weighted by atomic mass is 16.5. The zero-order chi connectivity index (χ0) is 25.6. The second kappa shape index (κ2) is 11.2. The van der Waals surface area contributed by atoms with Crippen molar-refractivity contribution in [2.75, 3.05) is 20.8 Å². The van der Waals surface area contributed by atoms with E-state index in [-0.39, 0.29) is 12.1 Å². The van der Waals surface area contributed by atoms with Gasteiger partial charge in [-0.2, -0.15) is 0 Å². The molecular formula is C29H30N4O4. The van der Waals surface area contributed by atoms with Crippen LogP contribution in [-0.2, 0) is 24.2 Å². The fourth-order valence-electron chi connectivity index (χ4n) is 4.45. The molecule has 1 N–H and O–H groups in total. The second-order valence-electron chi connectivity index (χ2n) is 8.96. The molecule has 0 fully saturated rings. The largest absolute Gasteiger partial charge is 0.493 e. The Morgan fingerprint density at radius 1 is 0.892 bits per heavy atom. The molecule has 0 saturated heterocycles. The van der Waals surface area contributed by atoms with Gasteiger partial charge in [-0.3, -0.25) is 9.79 Å². The van der Waals surface area contributed by atoms with Crippen molar-refractivity contribution in [3.05, 3.63) is 89.5 Å². The molecule has 0 saturated carbocycles. The maximum Gasteiger partial charge on any atom is 0.254 e. The summed E-state index contributed by atoms with van der Waals surface area (Å²) in [7, 11) is 3.25. The topological polar surface area (TPSA) is 84.8 Å². The summed E-state index contributed by atoms with van der Waals surface area (Å²) < 4.78 is 16.6. The molecule has 0 radical (unpaired) electrons. The van der Waals surface area contributed by atoms with Gasteiger partial charge in [0, 0.05) is 13.0 Å². The Morgan fingerprint density at radius 3 is 2.41 bits per heavy atom. The molecule has 0 aliphatic carbocycles. The number of hydrogen-bond donors (Lipinski definition) is 1. The van der Waals surface area contributed by atoms with Gasteiger partial charge in [-0.05, 0) is 47.4 Å². The summed E-state index contributed by atoms with van der Waals surface area (Å²) in [6.07, 6.45) is 2.68. The van der Waals surface area contributed by atoms with E-state index >= 15 is 0 Å². The standard InChI is InChI=1S/C29H30N4O4/c1-35-24-13-10-21(16-25(24)36-2)14-15-33-19-30-27-28(33)31-26(32-29(27)34)17-20-8-11-23(12-9-20)37-18-22-6-4-3-5-7-22/h3-13,16,19,27-28H,14-15,17-18H2,1-2H3,(H,31,32,34). The van der Waals surface area contributed by atoms with Crippen molar-refractivity contribution >= 4 is 18.1 Å². The average molecular weight is 499 g/mol. The molecule has 5 rings (SSSR count). The first-order chi connectivity index (χ1) is 18.1. The number of aliphatic imine (C=N–C) groups is 2. The fourth-order valence-corrected chi connectivity index (χ4v) is 4.45. The maximum absolute atomic E-state index is 12.7. The molecule has 0 spiro atoms. The smallest absolute Gasteiger partial charge is 0.254 e. The van der Waals surface area contributed by atoms with Crippen LogP contribution >= 0.6 is 0 Å². The monoisotopic (exact) mass is 498 g/mol. The predicted octanol–water partition coefficient (Wildman–Crippen LogP) is 3.63. The van der Waals surface area contributed by atoms with Crippen LogP contribution in [0.4, 0.5) is 0 Å². The number of methoxy groups -OCH3 is 2. The molecule has 2 aliphatic rings. The van der Waals surface area contributed by atoms with E-state index in [0.717, 1.165) is 28.9 Å². The Labute approximate surface area is 216 Å². The number of nitrogens with zero attached hydrogens (tertiary/aromatic N) is 3. The van der Waals surface area contributed by atoms with E-state index in [1.54, 1.807) is 20.6 Å². The number of amidine groups is 1. The molecule has 2 heterocycles. The highest BCUT2D eigenvalue weighted by molar-refractivity contribution is 6.04. The van der Waals surface area contributed by atoms with Gasteiger partial charge in [-0.25, -0.2) is 4.99 Å². The average Bonchev–Trinajstić information content (AvgIpc) is 3.35. The predicted molar refractivity (Wildman–Crippen MR) is 143 cm³/mol. The van der Waals surface area contributed by atoms with E-state index in [0.29, 0.717) is 36.9 Å². The third kappa shape index (κ3) is 5.74. The van der Waals surface area contributed by atoms with Crippen molar-refractivity contribution in [3.8, 4) is 17.2 Å². The van der Waals surface area contributed by atoms with Crippen molar-refractivity contribution in [2.45, 2.75) is 31.7 Å². The highest BCUT2D eigenvalue weighted by Crippen LogP contribution is 2.28. The number of hydrogen-bond acceptors (Lipinski definition) is 7.